The molecule has 1 atom stereocenters. The number of nitrogens with one attached hydrogen (secondary N) is 1. The van der Waals surface area contributed by atoms with Crippen LogP contribution in [0.4, 0.5) is 4.39 Å². The van der Waals surface area contributed by atoms with Gasteiger partial charge in [-0.1, -0.05) is 24.3 Å². The van der Waals surface area contributed by atoms with Gasteiger partial charge < -0.3 is 14.8 Å². The molecule has 1 heterocycles. The molecule has 23 heavy (non-hydrogen) atoms. The third-order valence-electron chi connectivity index (χ3n) is 3.65. The van der Waals surface area contributed by atoms with Crippen LogP contribution in [0.3, 0.4) is 0 Å². The molecule has 0 radical (unpaired) electrons. The van der Waals surface area contributed by atoms with Crippen LogP contribution in [0.1, 0.15) is 12.0 Å². The second-order valence-electron chi connectivity index (χ2n) is 5.43. The van der Waals surface area contributed by atoms with E-state index in [2.05, 4.69) is 5.32 Å². The van der Waals surface area contributed by atoms with Crippen molar-refractivity contribution in [2.75, 3.05) is 13.2 Å². The van der Waals surface area contributed by atoms with Crippen molar-refractivity contribution in [1.29, 1.82) is 0 Å². The van der Waals surface area contributed by atoms with Gasteiger partial charge in [0.25, 0.3) is 0 Å². The molecule has 5 heteroatoms. The standard InChI is InChI=1S/C18H18FNO3/c19-14-8-5-13(6-9-14)7-10-18(21)20-11-15-12-22-16-3-1-2-4-17(16)23-15/h1-6,8-9,15H,7,10-12H2,(H,20,21)/t15-/m1/s1. The molecule has 1 aliphatic rings. The fourth-order valence-electron chi connectivity index (χ4n) is 2.39. The van der Waals surface area contributed by atoms with Gasteiger partial charge in [-0.2, -0.15) is 0 Å². The maximum atomic E-state index is 12.8. The number of hydrogen-bond acceptors (Lipinski definition) is 3. The average Bonchev–Trinajstić information content (AvgIpc) is 2.59. The maximum Gasteiger partial charge on any atom is 0.220 e. The molecule has 0 aromatic heterocycles. The highest BCUT2D eigenvalue weighted by atomic mass is 19.1. The molecule has 0 saturated carbocycles. The van der Waals surface area contributed by atoms with Crippen molar-refractivity contribution in [2.45, 2.75) is 18.9 Å². The summed E-state index contributed by atoms with van der Waals surface area (Å²) >= 11 is 0. The molecule has 2 aromatic rings. The third-order valence-corrected chi connectivity index (χ3v) is 3.65. The van der Waals surface area contributed by atoms with Gasteiger partial charge in [0.1, 0.15) is 18.5 Å². The number of para-hydroxylation sites is 2. The van der Waals surface area contributed by atoms with Crippen LogP contribution in [0.5, 0.6) is 11.5 Å². The minimum atomic E-state index is -0.270. The second kappa shape index (κ2) is 7.13. The Balaban J connectivity index is 1.42. The molecule has 0 bridgehead atoms. The lowest BCUT2D eigenvalue weighted by atomic mass is 10.1. The summed E-state index contributed by atoms with van der Waals surface area (Å²) in [6.45, 7) is 0.811. The molecule has 1 amide bonds. The lowest BCUT2D eigenvalue weighted by molar-refractivity contribution is -0.121. The summed E-state index contributed by atoms with van der Waals surface area (Å²) in [7, 11) is 0. The number of fused-ring (bicyclic) bond motifs is 1. The molecule has 0 unspecified atom stereocenters. The number of aryl methyl sites for hydroxylation is 1. The molecule has 2 aromatic carbocycles. The van der Waals surface area contributed by atoms with Crippen molar-refractivity contribution in [3.8, 4) is 11.5 Å². The van der Waals surface area contributed by atoms with E-state index in [1.807, 2.05) is 24.3 Å². The molecule has 1 aliphatic heterocycles. The van der Waals surface area contributed by atoms with Crippen LogP contribution in [0, 0.1) is 5.82 Å². The summed E-state index contributed by atoms with van der Waals surface area (Å²) in [5, 5.41) is 2.85. The molecule has 0 fully saturated rings. The molecule has 0 spiro atoms. The van der Waals surface area contributed by atoms with E-state index in [-0.39, 0.29) is 17.8 Å². The van der Waals surface area contributed by atoms with Gasteiger partial charge in [-0.15, -0.1) is 0 Å². The van der Waals surface area contributed by atoms with Crippen molar-refractivity contribution in [3.63, 3.8) is 0 Å². The summed E-state index contributed by atoms with van der Waals surface area (Å²) in [5.41, 5.74) is 0.938. The number of carbonyl (C=O) groups excluding carboxylic acids is 1. The summed E-state index contributed by atoms with van der Waals surface area (Å²) in [5.74, 6) is 1.10. The summed E-state index contributed by atoms with van der Waals surface area (Å²) in [6, 6.07) is 13.7. The number of benzene rings is 2. The largest absolute Gasteiger partial charge is 0.486 e. The highest BCUT2D eigenvalue weighted by Crippen LogP contribution is 2.30. The van der Waals surface area contributed by atoms with E-state index in [4.69, 9.17) is 9.47 Å². The van der Waals surface area contributed by atoms with Crippen molar-refractivity contribution in [3.05, 3.63) is 59.9 Å². The highest BCUT2D eigenvalue weighted by molar-refractivity contribution is 5.76. The van der Waals surface area contributed by atoms with E-state index in [0.29, 0.717) is 31.7 Å². The van der Waals surface area contributed by atoms with Crippen LogP contribution in [-0.4, -0.2) is 25.2 Å². The molecule has 3 rings (SSSR count). The van der Waals surface area contributed by atoms with Crippen molar-refractivity contribution in [2.24, 2.45) is 0 Å². The summed E-state index contributed by atoms with van der Waals surface area (Å²) < 4.78 is 24.2. The van der Waals surface area contributed by atoms with Gasteiger partial charge >= 0.3 is 0 Å². The Morgan fingerprint density at radius 1 is 1.13 bits per heavy atom. The number of hydrogen-bond donors (Lipinski definition) is 1. The van der Waals surface area contributed by atoms with E-state index in [9.17, 15) is 9.18 Å². The SMILES string of the molecule is O=C(CCc1ccc(F)cc1)NC[C@@H]1COc2ccccc2O1. The van der Waals surface area contributed by atoms with E-state index in [1.165, 1.54) is 12.1 Å². The third kappa shape index (κ3) is 4.22. The first-order chi connectivity index (χ1) is 11.2. The summed E-state index contributed by atoms with van der Waals surface area (Å²) in [6.07, 6.45) is 0.743. The number of rotatable bonds is 5. The minimum absolute atomic E-state index is 0.0585. The van der Waals surface area contributed by atoms with E-state index in [1.54, 1.807) is 12.1 Å². The predicted molar refractivity (Wildman–Crippen MR) is 84.1 cm³/mol. The molecule has 0 saturated heterocycles. The first kappa shape index (κ1) is 15.3. The van der Waals surface area contributed by atoms with Crippen molar-refractivity contribution in [1.82, 2.24) is 5.32 Å². The Kier molecular flexibility index (Phi) is 4.76. The second-order valence-corrected chi connectivity index (χ2v) is 5.43. The maximum absolute atomic E-state index is 12.8. The Labute approximate surface area is 134 Å². The van der Waals surface area contributed by atoms with Crippen LogP contribution >= 0.6 is 0 Å². The number of amides is 1. The first-order valence-electron chi connectivity index (χ1n) is 7.60. The van der Waals surface area contributed by atoms with Crippen LogP contribution in [0.25, 0.3) is 0 Å². The molecule has 4 nitrogen and oxygen atoms in total. The number of halogens is 1. The van der Waals surface area contributed by atoms with Crippen LogP contribution < -0.4 is 14.8 Å². The lowest BCUT2D eigenvalue weighted by Crippen LogP contribution is -2.40. The van der Waals surface area contributed by atoms with E-state index >= 15 is 0 Å². The quantitative estimate of drug-likeness (QED) is 0.923. The molecular formula is C18H18FNO3. The average molecular weight is 315 g/mol. The molecule has 1 N–H and O–H groups in total. The monoisotopic (exact) mass is 315 g/mol. The smallest absolute Gasteiger partial charge is 0.220 e. The highest BCUT2D eigenvalue weighted by Gasteiger charge is 2.20. The predicted octanol–water partition coefficient (Wildman–Crippen LogP) is 2.71. The first-order valence-corrected chi connectivity index (χ1v) is 7.60. The fourth-order valence-corrected chi connectivity index (χ4v) is 2.39. The van der Waals surface area contributed by atoms with Crippen LogP contribution in [-0.2, 0) is 11.2 Å². The topological polar surface area (TPSA) is 47.6 Å². The van der Waals surface area contributed by atoms with Gasteiger partial charge in [0, 0.05) is 6.42 Å². The molecule has 120 valence electrons. The van der Waals surface area contributed by atoms with Crippen molar-refractivity contribution >= 4 is 5.91 Å². The Morgan fingerprint density at radius 2 is 1.87 bits per heavy atom. The van der Waals surface area contributed by atoms with Crippen molar-refractivity contribution < 1.29 is 18.7 Å². The minimum Gasteiger partial charge on any atom is -0.486 e. The normalized spacial score (nSPS) is 16.0. The van der Waals surface area contributed by atoms with Gasteiger partial charge in [0.2, 0.25) is 5.91 Å². The van der Waals surface area contributed by atoms with Gasteiger partial charge in [0.15, 0.2) is 11.5 Å². The van der Waals surface area contributed by atoms with Gasteiger partial charge in [-0.25, -0.2) is 4.39 Å². The van der Waals surface area contributed by atoms with E-state index in [0.717, 1.165) is 11.3 Å². The zero-order chi connectivity index (χ0) is 16.1. The van der Waals surface area contributed by atoms with Crippen LogP contribution in [0.2, 0.25) is 0 Å². The number of ether oxygens (including phenoxy) is 2. The Morgan fingerprint density at radius 3 is 2.65 bits per heavy atom. The Bertz CT molecular complexity index is 672. The molecular weight excluding hydrogens is 297 g/mol. The van der Waals surface area contributed by atoms with Gasteiger partial charge in [-0.05, 0) is 36.2 Å². The zero-order valence-electron chi connectivity index (χ0n) is 12.6. The molecule has 0 aliphatic carbocycles. The number of carbonyl (C=O) groups is 1. The van der Waals surface area contributed by atoms with E-state index < -0.39 is 0 Å². The van der Waals surface area contributed by atoms with Gasteiger partial charge in [-0.3, -0.25) is 4.79 Å². The van der Waals surface area contributed by atoms with Gasteiger partial charge in [0.05, 0.1) is 6.54 Å². The lowest BCUT2D eigenvalue weighted by Gasteiger charge is -2.26. The Hall–Kier alpha value is -2.56. The fraction of sp³-hybridized carbons (Fsp3) is 0.278. The zero-order valence-corrected chi connectivity index (χ0v) is 12.6. The summed E-state index contributed by atoms with van der Waals surface area (Å²) in [4.78, 5) is 11.9. The van der Waals surface area contributed by atoms with Crippen LogP contribution in [0.15, 0.2) is 48.5 Å².